The van der Waals surface area contributed by atoms with Crippen molar-refractivity contribution in [3.05, 3.63) is 23.1 Å². The molecule has 0 aliphatic carbocycles. The van der Waals surface area contributed by atoms with Crippen LogP contribution in [0.1, 0.15) is 18.2 Å². The molecule has 1 atom stereocenters. The average molecular weight is 204 g/mol. The molecule has 1 aromatic rings. The van der Waals surface area contributed by atoms with Gasteiger partial charge in [0.2, 0.25) is 0 Å². The number of nitrogens with two attached hydrogens (primary N) is 1. The van der Waals surface area contributed by atoms with Gasteiger partial charge in [-0.2, -0.15) is 0 Å². The number of hydrogen-bond acceptors (Lipinski definition) is 4. The van der Waals surface area contributed by atoms with Gasteiger partial charge in [-0.25, -0.2) is 0 Å². The van der Waals surface area contributed by atoms with Crippen molar-refractivity contribution in [2.45, 2.75) is 12.5 Å². The van der Waals surface area contributed by atoms with Crippen LogP contribution in [-0.2, 0) is 9.53 Å². The fourth-order valence-corrected chi connectivity index (χ4v) is 1.04. The summed E-state index contributed by atoms with van der Waals surface area (Å²) >= 11 is 5.54. The minimum absolute atomic E-state index is 0.0837. The Morgan fingerprint density at radius 1 is 1.77 bits per heavy atom. The van der Waals surface area contributed by atoms with Crippen LogP contribution < -0.4 is 5.73 Å². The summed E-state index contributed by atoms with van der Waals surface area (Å²) in [5.74, 6) is 0.107. The molecule has 0 saturated heterocycles. The molecule has 1 aromatic heterocycles. The minimum Gasteiger partial charge on any atom is -0.469 e. The summed E-state index contributed by atoms with van der Waals surface area (Å²) in [5.41, 5.74) is 5.63. The lowest BCUT2D eigenvalue weighted by molar-refractivity contribution is -0.141. The summed E-state index contributed by atoms with van der Waals surface area (Å²) in [4.78, 5) is 10.8. The first-order valence-corrected chi connectivity index (χ1v) is 4.09. The van der Waals surface area contributed by atoms with E-state index in [2.05, 4.69) is 4.74 Å². The van der Waals surface area contributed by atoms with E-state index < -0.39 is 6.04 Å². The highest BCUT2D eigenvalue weighted by molar-refractivity contribution is 6.28. The normalized spacial score (nSPS) is 12.5. The quantitative estimate of drug-likeness (QED) is 0.756. The predicted molar refractivity (Wildman–Crippen MR) is 47.3 cm³/mol. The van der Waals surface area contributed by atoms with E-state index in [1.165, 1.54) is 7.11 Å². The van der Waals surface area contributed by atoms with Crippen LogP contribution in [0.25, 0.3) is 0 Å². The second-order valence-corrected chi connectivity index (χ2v) is 2.90. The molecule has 0 fully saturated rings. The summed E-state index contributed by atoms with van der Waals surface area (Å²) in [5, 5.41) is 0.260. The summed E-state index contributed by atoms with van der Waals surface area (Å²) in [6, 6.07) is 2.71. The fourth-order valence-electron chi connectivity index (χ4n) is 0.891. The molecule has 0 unspecified atom stereocenters. The second-order valence-electron chi connectivity index (χ2n) is 2.53. The van der Waals surface area contributed by atoms with Gasteiger partial charge in [-0.3, -0.25) is 4.79 Å². The monoisotopic (exact) mass is 203 g/mol. The Hall–Kier alpha value is -1.00. The van der Waals surface area contributed by atoms with E-state index in [1.807, 2.05) is 0 Å². The fraction of sp³-hybridized carbons (Fsp3) is 0.375. The number of esters is 1. The highest BCUT2D eigenvalue weighted by atomic mass is 35.5. The van der Waals surface area contributed by atoms with Crippen molar-refractivity contribution in [1.29, 1.82) is 0 Å². The van der Waals surface area contributed by atoms with Crippen molar-refractivity contribution in [3.63, 3.8) is 0 Å². The Morgan fingerprint density at radius 3 is 2.92 bits per heavy atom. The highest BCUT2D eigenvalue weighted by Crippen LogP contribution is 2.20. The third-order valence-corrected chi connectivity index (χ3v) is 1.78. The Bertz CT molecular complexity index is 297. The Labute approximate surface area is 80.6 Å². The topological polar surface area (TPSA) is 65.5 Å². The number of carbonyl (C=O) groups excluding carboxylic acids is 1. The number of halogens is 1. The number of ether oxygens (including phenoxy) is 1. The van der Waals surface area contributed by atoms with Gasteiger partial charge in [-0.05, 0) is 23.7 Å². The summed E-state index contributed by atoms with van der Waals surface area (Å²) in [7, 11) is 1.31. The molecular weight excluding hydrogens is 194 g/mol. The smallest absolute Gasteiger partial charge is 0.307 e. The van der Waals surface area contributed by atoms with Gasteiger partial charge in [-0.15, -0.1) is 0 Å². The van der Waals surface area contributed by atoms with Crippen LogP contribution in [-0.4, -0.2) is 13.1 Å². The van der Waals surface area contributed by atoms with Crippen LogP contribution in [0.4, 0.5) is 0 Å². The van der Waals surface area contributed by atoms with E-state index in [0.29, 0.717) is 5.76 Å². The zero-order valence-corrected chi connectivity index (χ0v) is 7.88. The first-order valence-electron chi connectivity index (χ1n) is 3.71. The summed E-state index contributed by atoms with van der Waals surface area (Å²) < 4.78 is 9.48. The standard InChI is InChI=1S/C8H10ClNO3/c1-12-8(11)4-5(10)6-2-3-7(9)13-6/h2-3,5H,4,10H2,1H3/t5-/m0/s1. The number of furan rings is 1. The molecule has 0 spiro atoms. The third-order valence-electron chi connectivity index (χ3n) is 1.57. The molecule has 1 rings (SSSR count). The SMILES string of the molecule is COC(=O)C[C@H](N)c1ccc(Cl)o1. The van der Waals surface area contributed by atoms with Crippen molar-refractivity contribution in [1.82, 2.24) is 0 Å². The zero-order valence-electron chi connectivity index (χ0n) is 7.12. The lowest BCUT2D eigenvalue weighted by Gasteiger charge is -2.05. The van der Waals surface area contributed by atoms with Gasteiger partial charge < -0.3 is 14.9 Å². The Balaban J connectivity index is 2.58. The van der Waals surface area contributed by atoms with Crippen LogP contribution in [0, 0.1) is 0 Å². The van der Waals surface area contributed by atoms with Crippen molar-refractivity contribution in [2.75, 3.05) is 7.11 Å². The maximum atomic E-state index is 10.8. The molecule has 5 heteroatoms. The lowest BCUT2D eigenvalue weighted by Crippen LogP contribution is -2.15. The van der Waals surface area contributed by atoms with Gasteiger partial charge in [-0.1, -0.05) is 0 Å². The zero-order chi connectivity index (χ0) is 9.84. The minimum atomic E-state index is -0.500. The van der Waals surface area contributed by atoms with Crippen LogP contribution in [0.3, 0.4) is 0 Å². The largest absolute Gasteiger partial charge is 0.469 e. The van der Waals surface area contributed by atoms with E-state index in [1.54, 1.807) is 12.1 Å². The summed E-state index contributed by atoms with van der Waals surface area (Å²) in [6.07, 6.45) is 0.0837. The number of rotatable bonds is 3. The molecule has 0 aliphatic heterocycles. The van der Waals surface area contributed by atoms with Crippen molar-refractivity contribution < 1.29 is 13.9 Å². The first kappa shape index (κ1) is 10.1. The van der Waals surface area contributed by atoms with Crippen LogP contribution in [0.2, 0.25) is 5.22 Å². The predicted octanol–water partition coefficient (Wildman–Crippen LogP) is 1.50. The van der Waals surface area contributed by atoms with E-state index in [-0.39, 0.29) is 17.6 Å². The number of hydrogen-bond donors (Lipinski definition) is 1. The van der Waals surface area contributed by atoms with Gasteiger partial charge in [0, 0.05) is 0 Å². The molecule has 0 saturated carbocycles. The van der Waals surface area contributed by atoms with Crippen LogP contribution in [0.15, 0.2) is 16.5 Å². The van der Waals surface area contributed by atoms with E-state index in [4.69, 9.17) is 21.8 Å². The van der Waals surface area contributed by atoms with Gasteiger partial charge in [0.15, 0.2) is 5.22 Å². The Kier molecular flexibility index (Phi) is 3.33. The lowest BCUT2D eigenvalue weighted by atomic mass is 10.2. The maximum Gasteiger partial charge on any atom is 0.307 e. The Morgan fingerprint density at radius 2 is 2.46 bits per heavy atom. The third kappa shape index (κ3) is 2.75. The molecule has 1 heterocycles. The van der Waals surface area contributed by atoms with Gasteiger partial charge in [0.25, 0.3) is 0 Å². The van der Waals surface area contributed by atoms with Crippen LogP contribution >= 0.6 is 11.6 Å². The van der Waals surface area contributed by atoms with Gasteiger partial charge >= 0.3 is 5.97 Å². The van der Waals surface area contributed by atoms with E-state index >= 15 is 0 Å². The second kappa shape index (κ2) is 4.30. The molecule has 0 aliphatic rings. The molecule has 0 aromatic carbocycles. The van der Waals surface area contributed by atoms with E-state index in [9.17, 15) is 4.79 Å². The molecule has 2 N–H and O–H groups in total. The summed E-state index contributed by atoms with van der Waals surface area (Å²) in [6.45, 7) is 0. The molecular formula is C8H10ClNO3. The maximum absolute atomic E-state index is 10.8. The van der Waals surface area contributed by atoms with Crippen molar-refractivity contribution in [2.24, 2.45) is 5.73 Å². The average Bonchev–Trinajstić information content (AvgIpc) is 2.51. The molecule has 4 nitrogen and oxygen atoms in total. The first-order chi connectivity index (χ1) is 6.13. The molecule has 0 amide bonds. The number of methoxy groups -OCH3 is 1. The van der Waals surface area contributed by atoms with Crippen LogP contribution in [0.5, 0.6) is 0 Å². The highest BCUT2D eigenvalue weighted by Gasteiger charge is 2.14. The van der Waals surface area contributed by atoms with Crippen molar-refractivity contribution >= 4 is 17.6 Å². The van der Waals surface area contributed by atoms with E-state index in [0.717, 1.165) is 0 Å². The molecule has 0 bridgehead atoms. The van der Waals surface area contributed by atoms with Crippen molar-refractivity contribution in [3.8, 4) is 0 Å². The van der Waals surface area contributed by atoms with Gasteiger partial charge in [0.1, 0.15) is 5.76 Å². The molecule has 0 radical (unpaired) electrons. The number of carbonyl (C=O) groups is 1. The molecule has 13 heavy (non-hydrogen) atoms. The van der Waals surface area contributed by atoms with Gasteiger partial charge in [0.05, 0.1) is 19.6 Å². The molecule has 72 valence electrons.